The Kier molecular flexibility index (Phi) is 23.3. The molecule has 6 N–H and O–H groups in total. The van der Waals surface area contributed by atoms with Crippen molar-refractivity contribution in [2.75, 3.05) is 79.3 Å². The van der Waals surface area contributed by atoms with E-state index in [1.807, 2.05) is 23.6 Å². The van der Waals surface area contributed by atoms with Crippen molar-refractivity contribution in [3.63, 3.8) is 0 Å². The quantitative estimate of drug-likeness (QED) is 0.0420. The van der Waals surface area contributed by atoms with E-state index in [0.29, 0.717) is 55.2 Å². The molecule has 474 valence electrons. The number of rotatable bonds is 13. The maximum absolute atomic E-state index is 13.0. The Morgan fingerprint density at radius 2 is 0.851 bits per heavy atom. The number of piperazine rings is 3. The van der Waals surface area contributed by atoms with Gasteiger partial charge in [-0.05, 0) is 86.6 Å². The number of hydrogen-bond acceptors (Lipinski definition) is 24. The normalized spacial score (nSPS) is 18.1. The molecule has 0 radical (unpaired) electrons. The molecule has 3 saturated heterocycles. The lowest BCUT2D eigenvalue weighted by Gasteiger charge is -2.39. The fraction of sp³-hybridized carbons (Fsp3) is 0.455. The van der Waals surface area contributed by atoms with Crippen molar-refractivity contribution in [3.05, 3.63) is 147 Å². The third-order valence-electron chi connectivity index (χ3n) is 14.0. The van der Waals surface area contributed by atoms with E-state index in [2.05, 4.69) is 47.0 Å². The average molecular weight is 1290 g/mol. The molecular formula is C55H76ClN15O13S3. The number of nitro benzene ring substituents is 2. The van der Waals surface area contributed by atoms with Crippen LogP contribution in [-0.2, 0) is 45.9 Å². The summed E-state index contributed by atoms with van der Waals surface area (Å²) in [4.78, 5) is 51.4. The molecule has 3 aromatic heterocycles. The minimum atomic E-state index is -4.05. The van der Waals surface area contributed by atoms with Crippen LogP contribution in [0, 0.1) is 20.2 Å². The first-order valence-electron chi connectivity index (χ1n) is 26.9. The van der Waals surface area contributed by atoms with Gasteiger partial charge in [-0.25, -0.2) is 55.2 Å². The number of aromatic nitrogens is 6. The second-order valence-electron chi connectivity index (χ2n) is 22.0. The first-order chi connectivity index (χ1) is 40.0. The Morgan fingerprint density at radius 3 is 1.17 bits per heavy atom. The average Bonchev–Trinajstić information content (AvgIpc) is 1.78. The maximum atomic E-state index is 13.0. The van der Waals surface area contributed by atoms with Crippen molar-refractivity contribution < 1.29 is 50.4 Å². The number of hydrogen-bond donors (Lipinski definition) is 5. The highest BCUT2D eigenvalue weighted by atomic mass is 35.7. The van der Waals surface area contributed by atoms with Gasteiger partial charge in [0.15, 0.2) is 9.79 Å². The van der Waals surface area contributed by atoms with Crippen LogP contribution in [0.1, 0.15) is 86.4 Å². The largest absolute Gasteiger partial charge is 0.398 e. The molecule has 3 aliphatic heterocycles. The van der Waals surface area contributed by atoms with E-state index in [9.17, 15) is 60.8 Å². The molecule has 3 aliphatic rings. The third-order valence-corrected chi connectivity index (χ3v) is 19.2. The number of nitrogens with one attached hydrogen (secondary N) is 1. The topological polar surface area (TPSA) is 381 Å². The zero-order valence-electron chi connectivity index (χ0n) is 48.9. The molecule has 0 amide bonds. The predicted molar refractivity (Wildman–Crippen MR) is 329 cm³/mol. The molecule has 0 saturated carbocycles. The first kappa shape index (κ1) is 70.6. The van der Waals surface area contributed by atoms with Crippen molar-refractivity contribution in [2.24, 2.45) is 0 Å². The molecule has 6 aromatic rings. The molecule has 0 spiro atoms. The van der Waals surface area contributed by atoms with Gasteiger partial charge in [0.1, 0.15) is 4.90 Å². The van der Waals surface area contributed by atoms with Crippen LogP contribution in [0.3, 0.4) is 0 Å². The van der Waals surface area contributed by atoms with Gasteiger partial charge in [-0.15, -0.1) is 0 Å². The summed E-state index contributed by atoms with van der Waals surface area (Å²) < 4.78 is 76.2. The van der Waals surface area contributed by atoms with Crippen LogP contribution in [-0.4, -0.2) is 166 Å². The second-order valence-corrected chi connectivity index (χ2v) is 28.3. The minimum Gasteiger partial charge on any atom is -0.398 e. The molecule has 9 rings (SSSR count). The molecule has 3 atom stereocenters. The molecule has 87 heavy (non-hydrogen) atoms. The van der Waals surface area contributed by atoms with Crippen molar-refractivity contribution in [3.8, 4) is 0 Å². The number of aliphatic hydroxyl groups is 3. The number of anilines is 4. The molecule has 6 heterocycles. The van der Waals surface area contributed by atoms with Gasteiger partial charge in [0.2, 0.25) is 37.9 Å². The third kappa shape index (κ3) is 18.0. The van der Waals surface area contributed by atoms with Gasteiger partial charge >= 0.3 is 0 Å². The van der Waals surface area contributed by atoms with E-state index in [0.717, 1.165) is 43.3 Å². The smallest absolute Gasteiger partial charge is 0.289 e. The lowest BCUT2D eigenvalue weighted by Crippen LogP contribution is -2.54. The fourth-order valence-corrected chi connectivity index (χ4v) is 13.3. The van der Waals surface area contributed by atoms with E-state index in [1.165, 1.54) is 51.1 Å². The highest BCUT2D eigenvalue weighted by Crippen LogP contribution is 2.31. The number of sulfonamides is 2. The SMILES string of the molecule is C.C[C@H]1CN(S(=O)(=O)c2ccccc2N)CCN1c1ncc(C(C)(C)O)cn1.C[C@H]1CN(S(=O)(=O)c2ccccc2[N+](=O)[O-])CCN1c1ncc(C(C)(C)O)cn1.C[C@H]1CNCCN1c1ncc(C(C)(C)O)cn1.O=[N+]([O-])c1ccccc1S(=O)(=O)Cl. The summed E-state index contributed by atoms with van der Waals surface area (Å²) in [5.74, 6) is 1.70. The first-order valence-corrected chi connectivity index (χ1v) is 32.1. The summed E-state index contributed by atoms with van der Waals surface area (Å²) in [5, 5.41) is 54.8. The second kappa shape index (κ2) is 28.8. The zero-order chi connectivity index (χ0) is 63.7. The molecule has 0 aliphatic carbocycles. The van der Waals surface area contributed by atoms with Crippen molar-refractivity contribution in [1.29, 1.82) is 0 Å². The molecule has 3 aromatic carbocycles. The van der Waals surface area contributed by atoms with Gasteiger partial charge in [-0.3, -0.25) is 20.2 Å². The number of nitrogens with zero attached hydrogens (tertiary/aromatic N) is 13. The van der Waals surface area contributed by atoms with Gasteiger partial charge in [0.05, 0.1) is 32.3 Å². The van der Waals surface area contributed by atoms with Crippen LogP contribution in [0.5, 0.6) is 0 Å². The molecule has 0 bridgehead atoms. The van der Waals surface area contributed by atoms with Crippen molar-refractivity contribution in [1.82, 2.24) is 43.8 Å². The Morgan fingerprint density at radius 1 is 0.529 bits per heavy atom. The van der Waals surface area contributed by atoms with E-state index >= 15 is 0 Å². The summed E-state index contributed by atoms with van der Waals surface area (Å²) in [7, 11) is -6.73. The lowest BCUT2D eigenvalue weighted by molar-refractivity contribution is -0.388. The van der Waals surface area contributed by atoms with Crippen LogP contribution in [0.15, 0.2) is 125 Å². The molecule has 28 nitrogen and oxygen atoms in total. The van der Waals surface area contributed by atoms with Crippen molar-refractivity contribution in [2.45, 2.75) is 119 Å². The minimum absolute atomic E-state index is 0. The number of benzene rings is 3. The van der Waals surface area contributed by atoms with Crippen LogP contribution in [0.4, 0.5) is 34.9 Å². The summed E-state index contributed by atoms with van der Waals surface area (Å²) in [6.07, 6.45) is 9.71. The Hall–Kier alpha value is -7.20. The molecule has 32 heteroatoms. The Balaban J connectivity index is 0.000000220. The van der Waals surface area contributed by atoms with Gasteiger partial charge < -0.3 is 41.1 Å². The standard InChI is InChI=1S/C18H23N5O5S.C18H25N5O3S.C12H20N4O.C6H4ClNO4S.CH4/c1-13-12-21(29(27,28)16-7-5-4-6-15(16)23(25)26)8-9-22(13)17-19-10-14(11-20-17)18(2,3)24;1-13-12-22(27(25,26)16-7-5-4-6-15(16)19)8-9-23(13)17-20-10-14(11-21-17)18(2,3)24;1-9-6-13-4-5-16(9)11-14-7-10(8-15-11)12(2,3)17;7-13(11,12)6-4-2-1-3-5(6)8(9)10;/h4-7,10-11,13,24H,8-9,12H2,1-3H3;4-7,10-11,13,24H,8-9,12,19H2,1-3H3;7-9,13,17H,4-6H2,1-3H3;1-4H;1H4/t2*13-;9-;;/m000../s1. The van der Waals surface area contributed by atoms with Crippen LogP contribution in [0.25, 0.3) is 0 Å². The van der Waals surface area contributed by atoms with E-state index in [4.69, 9.17) is 16.4 Å². The summed E-state index contributed by atoms with van der Waals surface area (Å²) in [5.41, 5.74) is 4.15. The van der Waals surface area contributed by atoms with Crippen LogP contribution in [0.2, 0.25) is 0 Å². The van der Waals surface area contributed by atoms with Crippen LogP contribution >= 0.6 is 10.7 Å². The Bertz CT molecular complexity index is 3650. The zero-order valence-corrected chi connectivity index (χ0v) is 52.1. The molecular weight excluding hydrogens is 1210 g/mol. The maximum Gasteiger partial charge on any atom is 0.289 e. The summed E-state index contributed by atoms with van der Waals surface area (Å²) in [6.45, 7) is 20.6. The fourth-order valence-electron chi connectivity index (χ4n) is 9.01. The van der Waals surface area contributed by atoms with Gasteiger partial charge in [0.25, 0.3) is 20.4 Å². The number of para-hydroxylation sites is 3. The number of nitrogen functional groups attached to an aromatic ring is 1. The lowest BCUT2D eigenvalue weighted by atomic mass is 10.0. The Labute approximate surface area is 511 Å². The highest BCUT2D eigenvalue weighted by molar-refractivity contribution is 8.13. The monoisotopic (exact) mass is 1290 g/mol. The molecule has 0 unspecified atom stereocenters. The van der Waals surface area contributed by atoms with Gasteiger partial charge in [-0.1, -0.05) is 43.8 Å². The van der Waals surface area contributed by atoms with E-state index in [1.54, 1.807) is 96.9 Å². The predicted octanol–water partition coefficient (Wildman–Crippen LogP) is 5.36. The molecule has 3 fully saturated rings. The van der Waals surface area contributed by atoms with E-state index in [-0.39, 0.29) is 48.1 Å². The van der Waals surface area contributed by atoms with Gasteiger partial charge in [0, 0.05) is 154 Å². The summed E-state index contributed by atoms with van der Waals surface area (Å²) in [6, 6.07) is 16.8. The van der Waals surface area contributed by atoms with Crippen LogP contribution < -0.4 is 25.8 Å². The van der Waals surface area contributed by atoms with Gasteiger partial charge in [-0.2, -0.15) is 8.61 Å². The van der Waals surface area contributed by atoms with Crippen molar-refractivity contribution >= 4 is 74.7 Å². The number of nitrogens with two attached hydrogens (primary N) is 1. The summed E-state index contributed by atoms with van der Waals surface area (Å²) >= 11 is 0. The van der Waals surface area contributed by atoms with E-state index < -0.39 is 72.0 Å². The highest BCUT2D eigenvalue weighted by Gasteiger charge is 2.38. The number of halogens is 1. The number of nitro groups is 2.